The number of nitrogens with one attached hydrogen (secondary N) is 1. The van der Waals surface area contributed by atoms with Gasteiger partial charge in [0.05, 0.1) is 17.1 Å². The Morgan fingerprint density at radius 2 is 2.00 bits per heavy atom. The van der Waals surface area contributed by atoms with Crippen LogP contribution in [0.3, 0.4) is 0 Å². The van der Waals surface area contributed by atoms with E-state index in [1.807, 2.05) is 0 Å². The zero-order valence-electron chi connectivity index (χ0n) is 10.4. The van der Waals surface area contributed by atoms with E-state index in [0.29, 0.717) is 5.52 Å². The molecule has 1 aromatic carbocycles. The van der Waals surface area contributed by atoms with Gasteiger partial charge in [-0.2, -0.15) is 0 Å². The van der Waals surface area contributed by atoms with Crippen LogP contribution in [0.5, 0.6) is 0 Å². The summed E-state index contributed by atoms with van der Waals surface area (Å²) in [5.41, 5.74) is -0.499. The standard InChI is InChI=1S/C12H14FN3O2/c1-7(14-2)16-11(17)9-6-8(13)4-5-10(9)15(3)12(16)18/h4-7,14H,1-3H3. The van der Waals surface area contributed by atoms with Gasteiger partial charge in [0.25, 0.3) is 5.56 Å². The summed E-state index contributed by atoms with van der Waals surface area (Å²) in [6.45, 7) is 1.69. The zero-order chi connectivity index (χ0) is 13.4. The maximum absolute atomic E-state index is 13.2. The maximum atomic E-state index is 13.2. The van der Waals surface area contributed by atoms with Gasteiger partial charge in [-0.25, -0.2) is 13.8 Å². The van der Waals surface area contributed by atoms with Gasteiger partial charge in [-0.15, -0.1) is 0 Å². The van der Waals surface area contributed by atoms with E-state index in [4.69, 9.17) is 0 Å². The Hall–Kier alpha value is -1.95. The summed E-state index contributed by atoms with van der Waals surface area (Å²) in [6.07, 6.45) is -0.455. The smallest absolute Gasteiger partial charge is 0.300 e. The first-order valence-corrected chi connectivity index (χ1v) is 5.55. The minimum absolute atomic E-state index is 0.194. The van der Waals surface area contributed by atoms with Crippen LogP contribution in [-0.2, 0) is 7.05 Å². The molecule has 2 aromatic rings. The Morgan fingerprint density at radius 1 is 1.33 bits per heavy atom. The van der Waals surface area contributed by atoms with Gasteiger partial charge in [-0.1, -0.05) is 0 Å². The highest BCUT2D eigenvalue weighted by atomic mass is 19.1. The molecule has 18 heavy (non-hydrogen) atoms. The van der Waals surface area contributed by atoms with Gasteiger partial charge in [0.15, 0.2) is 0 Å². The molecule has 2 rings (SSSR count). The minimum atomic E-state index is -0.498. The largest absolute Gasteiger partial charge is 0.332 e. The fourth-order valence-corrected chi connectivity index (χ4v) is 1.92. The lowest BCUT2D eigenvalue weighted by Crippen LogP contribution is -2.44. The van der Waals surface area contributed by atoms with E-state index < -0.39 is 23.2 Å². The van der Waals surface area contributed by atoms with E-state index in [-0.39, 0.29) is 5.39 Å². The Bertz CT molecular complexity index is 718. The second kappa shape index (κ2) is 4.38. The highest BCUT2D eigenvalue weighted by Gasteiger charge is 2.14. The van der Waals surface area contributed by atoms with Gasteiger partial charge < -0.3 is 5.32 Å². The van der Waals surface area contributed by atoms with Gasteiger partial charge >= 0.3 is 5.69 Å². The molecule has 6 heteroatoms. The van der Waals surface area contributed by atoms with Gasteiger partial charge in [-0.05, 0) is 32.2 Å². The topological polar surface area (TPSA) is 56.0 Å². The molecule has 0 saturated carbocycles. The quantitative estimate of drug-likeness (QED) is 0.849. The monoisotopic (exact) mass is 251 g/mol. The molecule has 1 N–H and O–H groups in total. The Morgan fingerprint density at radius 3 is 2.61 bits per heavy atom. The van der Waals surface area contributed by atoms with Gasteiger partial charge in [0, 0.05) is 7.05 Å². The fourth-order valence-electron chi connectivity index (χ4n) is 1.92. The summed E-state index contributed by atoms with van der Waals surface area (Å²) >= 11 is 0. The average Bonchev–Trinajstić information content (AvgIpc) is 2.36. The summed E-state index contributed by atoms with van der Waals surface area (Å²) in [5, 5.41) is 3.02. The molecular formula is C12H14FN3O2. The molecule has 0 spiro atoms. The third-order valence-corrected chi connectivity index (χ3v) is 3.07. The van der Waals surface area contributed by atoms with E-state index >= 15 is 0 Å². The predicted octanol–water partition coefficient (Wildman–Crippen LogP) is 0.577. The highest BCUT2D eigenvalue weighted by molar-refractivity contribution is 5.77. The molecule has 1 heterocycles. The van der Waals surface area contributed by atoms with Crippen LogP contribution < -0.4 is 16.6 Å². The normalized spacial score (nSPS) is 12.9. The van der Waals surface area contributed by atoms with Crippen LogP contribution in [0.15, 0.2) is 27.8 Å². The van der Waals surface area contributed by atoms with Crippen LogP contribution in [0.4, 0.5) is 4.39 Å². The Kier molecular flexibility index (Phi) is 3.04. The molecule has 1 unspecified atom stereocenters. The first-order valence-electron chi connectivity index (χ1n) is 5.55. The minimum Gasteiger partial charge on any atom is -0.300 e. The molecule has 0 bridgehead atoms. The van der Waals surface area contributed by atoms with E-state index in [2.05, 4.69) is 5.32 Å². The predicted molar refractivity (Wildman–Crippen MR) is 67.2 cm³/mol. The van der Waals surface area contributed by atoms with Crippen LogP contribution in [-0.4, -0.2) is 16.2 Å². The van der Waals surface area contributed by atoms with Crippen molar-refractivity contribution in [3.63, 3.8) is 0 Å². The molecule has 0 aliphatic rings. The van der Waals surface area contributed by atoms with Crippen LogP contribution in [0.25, 0.3) is 10.9 Å². The van der Waals surface area contributed by atoms with Crippen molar-refractivity contribution >= 4 is 10.9 Å². The van der Waals surface area contributed by atoms with Gasteiger partial charge in [0.2, 0.25) is 0 Å². The average molecular weight is 251 g/mol. The third-order valence-electron chi connectivity index (χ3n) is 3.07. The van der Waals surface area contributed by atoms with Crippen molar-refractivity contribution in [2.45, 2.75) is 13.1 Å². The number of aromatic nitrogens is 2. The van der Waals surface area contributed by atoms with Gasteiger partial charge in [0.1, 0.15) is 5.82 Å². The zero-order valence-corrected chi connectivity index (χ0v) is 10.4. The number of rotatable bonds is 2. The Balaban J connectivity index is 2.98. The number of fused-ring (bicyclic) bond motifs is 1. The van der Waals surface area contributed by atoms with Crippen LogP contribution in [0.1, 0.15) is 13.1 Å². The SMILES string of the molecule is CNC(C)n1c(=O)c2cc(F)ccc2n(C)c1=O. The molecule has 0 fully saturated rings. The van der Waals surface area contributed by atoms with Crippen LogP contribution >= 0.6 is 0 Å². The lowest BCUT2D eigenvalue weighted by atomic mass is 10.2. The molecule has 1 atom stereocenters. The van der Waals surface area contributed by atoms with Crippen molar-refractivity contribution < 1.29 is 4.39 Å². The second-order valence-corrected chi connectivity index (χ2v) is 4.14. The molecular weight excluding hydrogens is 237 g/mol. The lowest BCUT2D eigenvalue weighted by molar-refractivity contribution is 0.437. The van der Waals surface area contributed by atoms with E-state index in [1.165, 1.54) is 16.7 Å². The van der Waals surface area contributed by atoms with Crippen LogP contribution in [0.2, 0.25) is 0 Å². The molecule has 0 aliphatic carbocycles. The fraction of sp³-hybridized carbons (Fsp3) is 0.333. The Labute approximate surface area is 102 Å². The van der Waals surface area contributed by atoms with Crippen molar-refractivity contribution in [1.29, 1.82) is 0 Å². The maximum Gasteiger partial charge on any atom is 0.332 e. The van der Waals surface area contributed by atoms with E-state index in [1.54, 1.807) is 21.0 Å². The number of hydrogen-bond donors (Lipinski definition) is 1. The highest BCUT2D eigenvalue weighted by Crippen LogP contribution is 2.10. The number of nitrogens with zero attached hydrogens (tertiary/aromatic N) is 2. The van der Waals surface area contributed by atoms with Crippen molar-refractivity contribution in [3.8, 4) is 0 Å². The van der Waals surface area contributed by atoms with Crippen molar-refractivity contribution in [3.05, 3.63) is 44.9 Å². The van der Waals surface area contributed by atoms with Gasteiger partial charge in [-0.3, -0.25) is 9.36 Å². The molecule has 5 nitrogen and oxygen atoms in total. The molecule has 0 saturated heterocycles. The lowest BCUT2D eigenvalue weighted by Gasteiger charge is -2.16. The third kappa shape index (κ3) is 1.74. The summed E-state index contributed by atoms with van der Waals surface area (Å²) in [7, 11) is 3.20. The summed E-state index contributed by atoms with van der Waals surface area (Å²) in [4.78, 5) is 24.3. The second-order valence-electron chi connectivity index (χ2n) is 4.14. The van der Waals surface area contributed by atoms with E-state index in [0.717, 1.165) is 10.6 Å². The number of aryl methyl sites for hydroxylation is 1. The number of benzene rings is 1. The summed E-state index contributed by atoms with van der Waals surface area (Å²) in [6, 6.07) is 3.81. The molecule has 0 radical (unpaired) electrons. The molecule has 0 amide bonds. The first kappa shape index (κ1) is 12.5. The number of hydrogen-bond acceptors (Lipinski definition) is 3. The van der Waals surface area contributed by atoms with Crippen molar-refractivity contribution in [2.24, 2.45) is 7.05 Å². The summed E-state index contributed by atoms with van der Waals surface area (Å²) in [5.74, 6) is -0.498. The van der Waals surface area contributed by atoms with Crippen molar-refractivity contribution in [2.75, 3.05) is 7.05 Å². The molecule has 96 valence electrons. The molecule has 1 aromatic heterocycles. The van der Waals surface area contributed by atoms with Crippen LogP contribution in [0, 0.1) is 5.82 Å². The summed E-state index contributed by atoms with van der Waals surface area (Å²) < 4.78 is 15.6. The van der Waals surface area contributed by atoms with Crippen molar-refractivity contribution in [1.82, 2.24) is 14.5 Å². The number of halogens is 1. The van der Waals surface area contributed by atoms with E-state index in [9.17, 15) is 14.0 Å². The molecule has 0 aliphatic heterocycles. The first-order chi connectivity index (χ1) is 8.47.